The van der Waals surface area contributed by atoms with Gasteiger partial charge in [0.25, 0.3) is 0 Å². The summed E-state index contributed by atoms with van der Waals surface area (Å²) in [5.41, 5.74) is 0.0235. The summed E-state index contributed by atoms with van der Waals surface area (Å²) >= 11 is 0. The molecular formula is C16H21NO5. The number of nitrogens with zero attached hydrogens (tertiary/aromatic N) is 1. The van der Waals surface area contributed by atoms with Crippen LogP contribution >= 0.6 is 0 Å². The number of Topliss-reactive ketones (excluding diaryl/α,β-unsaturated/α-hetero) is 1. The van der Waals surface area contributed by atoms with E-state index >= 15 is 0 Å². The second kappa shape index (κ2) is 7.35. The summed E-state index contributed by atoms with van der Waals surface area (Å²) < 4.78 is 5.45. The fourth-order valence-corrected chi connectivity index (χ4v) is 2.83. The van der Waals surface area contributed by atoms with Crippen molar-refractivity contribution in [2.75, 3.05) is 6.61 Å². The molecule has 0 amide bonds. The third-order valence-corrected chi connectivity index (χ3v) is 4.17. The van der Waals surface area contributed by atoms with Crippen molar-refractivity contribution in [1.29, 1.82) is 0 Å². The lowest BCUT2D eigenvalue weighted by molar-refractivity contribution is -0.386. The summed E-state index contributed by atoms with van der Waals surface area (Å²) in [6, 6.07) is 4.13. The Hall–Kier alpha value is -1.95. The molecule has 0 aromatic heterocycles. The van der Waals surface area contributed by atoms with Crippen molar-refractivity contribution in [3.8, 4) is 5.75 Å². The van der Waals surface area contributed by atoms with E-state index in [1.165, 1.54) is 31.5 Å². The van der Waals surface area contributed by atoms with Crippen molar-refractivity contribution in [2.45, 2.75) is 45.1 Å². The maximum atomic E-state index is 11.3. The van der Waals surface area contributed by atoms with E-state index < -0.39 is 11.0 Å². The standard InChI is InChI=1S/C16H21NO5/c1-11(18)13-7-8-16(14(9-13)17(20)21)22-10-15(19)12-5-3-2-4-6-12/h7-9,12,15,19H,2-6,10H2,1H3. The molecule has 6 heteroatoms. The molecule has 1 unspecified atom stereocenters. The third-order valence-electron chi connectivity index (χ3n) is 4.17. The van der Waals surface area contributed by atoms with Gasteiger partial charge in [0.05, 0.1) is 11.0 Å². The number of hydrogen-bond donors (Lipinski definition) is 1. The fourth-order valence-electron chi connectivity index (χ4n) is 2.83. The molecule has 1 aliphatic rings. The number of carbonyl (C=O) groups excluding carboxylic acids is 1. The van der Waals surface area contributed by atoms with Gasteiger partial charge in [0.2, 0.25) is 0 Å². The molecule has 0 spiro atoms. The van der Waals surface area contributed by atoms with Crippen molar-refractivity contribution in [2.24, 2.45) is 5.92 Å². The van der Waals surface area contributed by atoms with Crippen LogP contribution in [-0.2, 0) is 0 Å². The second-order valence-corrected chi connectivity index (χ2v) is 5.77. The number of ketones is 1. The minimum atomic E-state index is -0.618. The van der Waals surface area contributed by atoms with Crippen molar-refractivity contribution < 1.29 is 19.6 Å². The molecule has 0 aliphatic heterocycles. The van der Waals surface area contributed by atoms with Crippen molar-refractivity contribution in [3.05, 3.63) is 33.9 Å². The van der Waals surface area contributed by atoms with Crippen LogP contribution in [0.1, 0.15) is 49.4 Å². The highest BCUT2D eigenvalue weighted by Gasteiger charge is 2.24. The Morgan fingerprint density at radius 1 is 1.41 bits per heavy atom. The molecule has 0 radical (unpaired) electrons. The highest BCUT2D eigenvalue weighted by atomic mass is 16.6. The Balaban J connectivity index is 2.05. The maximum absolute atomic E-state index is 11.3. The maximum Gasteiger partial charge on any atom is 0.311 e. The van der Waals surface area contributed by atoms with Gasteiger partial charge in [-0.05, 0) is 37.8 Å². The summed E-state index contributed by atoms with van der Waals surface area (Å²) in [5.74, 6) is 0.0473. The van der Waals surface area contributed by atoms with Crippen LogP contribution in [0.2, 0.25) is 0 Å². The van der Waals surface area contributed by atoms with E-state index in [4.69, 9.17) is 4.74 Å². The molecule has 0 saturated heterocycles. The van der Waals surface area contributed by atoms with Gasteiger partial charge in [-0.1, -0.05) is 19.3 Å². The van der Waals surface area contributed by atoms with Crippen molar-refractivity contribution in [1.82, 2.24) is 0 Å². The first kappa shape index (κ1) is 16.4. The van der Waals surface area contributed by atoms with Crippen molar-refractivity contribution in [3.63, 3.8) is 0 Å². The van der Waals surface area contributed by atoms with Gasteiger partial charge in [-0.25, -0.2) is 0 Å². The number of hydrogen-bond acceptors (Lipinski definition) is 5. The van der Waals surface area contributed by atoms with Gasteiger partial charge in [0, 0.05) is 11.6 Å². The number of nitro benzene ring substituents is 1. The molecule has 1 aromatic rings. The monoisotopic (exact) mass is 307 g/mol. The number of ether oxygens (including phenoxy) is 1. The fraction of sp³-hybridized carbons (Fsp3) is 0.562. The van der Waals surface area contributed by atoms with E-state index in [9.17, 15) is 20.0 Å². The first-order valence-corrected chi connectivity index (χ1v) is 7.59. The lowest BCUT2D eigenvalue weighted by Crippen LogP contribution is -2.29. The Morgan fingerprint density at radius 3 is 2.68 bits per heavy atom. The van der Waals surface area contributed by atoms with E-state index in [0.717, 1.165) is 25.7 Å². The van der Waals surface area contributed by atoms with Gasteiger partial charge in [-0.3, -0.25) is 14.9 Å². The van der Waals surface area contributed by atoms with Crippen LogP contribution < -0.4 is 4.74 Å². The predicted octanol–water partition coefficient (Wildman–Crippen LogP) is 3.12. The summed E-state index contributed by atoms with van der Waals surface area (Å²) in [7, 11) is 0. The van der Waals surface area contributed by atoms with Gasteiger partial charge < -0.3 is 9.84 Å². The first-order valence-electron chi connectivity index (χ1n) is 7.59. The van der Waals surface area contributed by atoms with Crippen LogP contribution in [0.5, 0.6) is 5.75 Å². The molecule has 1 fully saturated rings. The average Bonchev–Trinajstić information content (AvgIpc) is 2.53. The minimum Gasteiger partial charge on any atom is -0.484 e. The van der Waals surface area contributed by atoms with E-state index in [1.807, 2.05) is 0 Å². The molecule has 1 aromatic carbocycles. The predicted molar refractivity (Wildman–Crippen MR) is 81.2 cm³/mol. The van der Waals surface area contributed by atoms with Crippen LogP contribution in [0.4, 0.5) is 5.69 Å². The Morgan fingerprint density at radius 2 is 2.09 bits per heavy atom. The molecule has 1 atom stereocenters. The Bertz CT molecular complexity index is 551. The van der Waals surface area contributed by atoms with Crippen LogP contribution in [0, 0.1) is 16.0 Å². The zero-order chi connectivity index (χ0) is 16.1. The van der Waals surface area contributed by atoms with E-state index in [-0.39, 0.29) is 35.3 Å². The van der Waals surface area contributed by atoms with Gasteiger partial charge >= 0.3 is 5.69 Å². The SMILES string of the molecule is CC(=O)c1ccc(OCC(O)C2CCCCC2)c([N+](=O)[O-])c1. The summed E-state index contributed by atoms with van der Waals surface area (Å²) in [4.78, 5) is 21.8. The molecule has 2 rings (SSSR count). The zero-order valence-electron chi connectivity index (χ0n) is 12.7. The lowest BCUT2D eigenvalue weighted by Gasteiger charge is -2.26. The number of rotatable bonds is 6. The smallest absolute Gasteiger partial charge is 0.311 e. The highest BCUT2D eigenvalue weighted by Crippen LogP contribution is 2.30. The van der Waals surface area contributed by atoms with E-state index in [0.29, 0.717) is 0 Å². The second-order valence-electron chi connectivity index (χ2n) is 5.77. The average molecular weight is 307 g/mol. The van der Waals surface area contributed by atoms with E-state index in [2.05, 4.69) is 0 Å². The van der Waals surface area contributed by atoms with Crippen molar-refractivity contribution >= 4 is 11.5 Å². The minimum absolute atomic E-state index is 0.0327. The molecule has 1 saturated carbocycles. The van der Waals surface area contributed by atoms with Gasteiger partial charge in [-0.2, -0.15) is 0 Å². The molecule has 1 N–H and O–H groups in total. The zero-order valence-corrected chi connectivity index (χ0v) is 12.7. The number of nitro groups is 1. The number of aliphatic hydroxyl groups excluding tert-OH is 1. The highest BCUT2D eigenvalue weighted by molar-refractivity contribution is 5.95. The van der Waals surface area contributed by atoms with Gasteiger partial charge in [0.1, 0.15) is 6.61 Å². The molecular weight excluding hydrogens is 286 g/mol. The Kier molecular flexibility index (Phi) is 5.49. The molecule has 22 heavy (non-hydrogen) atoms. The number of benzene rings is 1. The first-order chi connectivity index (χ1) is 10.5. The molecule has 6 nitrogen and oxygen atoms in total. The molecule has 0 bridgehead atoms. The number of aliphatic hydroxyl groups is 1. The van der Waals surface area contributed by atoms with Gasteiger partial charge in [0.15, 0.2) is 11.5 Å². The summed E-state index contributed by atoms with van der Waals surface area (Å²) in [5, 5.41) is 21.3. The largest absolute Gasteiger partial charge is 0.484 e. The lowest BCUT2D eigenvalue weighted by atomic mass is 9.85. The molecule has 120 valence electrons. The van der Waals surface area contributed by atoms with Gasteiger partial charge in [-0.15, -0.1) is 0 Å². The topological polar surface area (TPSA) is 89.7 Å². The normalized spacial score (nSPS) is 17.0. The quantitative estimate of drug-likeness (QED) is 0.495. The van der Waals surface area contributed by atoms with Crippen LogP contribution in [0.25, 0.3) is 0 Å². The van der Waals surface area contributed by atoms with Crippen LogP contribution in [-0.4, -0.2) is 28.5 Å². The third kappa shape index (κ3) is 4.04. The summed E-state index contributed by atoms with van der Waals surface area (Å²) in [6.07, 6.45) is 4.73. The van der Waals surface area contributed by atoms with Crippen LogP contribution in [0.3, 0.4) is 0 Å². The summed E-state index contributed by atoms with van der Waals surface area (Å²) in [6.45, 7) is 1.39. The van der Waals surface area contributed by atoms with E-state index in [1.54, 1.807) is 0 Å². The number of carbonyl (C=O) groups is 1. The Labute approximate surface area is 129 Å². The molecule has 0 heterocycles. The van der Waals surface area contributed by atoms with Crippen LogP contribution in [0.15, 0.2) is 18.2 Å². The molecule has 1 aliphatic carbocycles.